The third kappa shape index (κ3) is 3.09. The summed E-state index contributed by atoms with van der Waals surface area (Å²) in [6.45, 7) is 7.98. The van der Waals surface area contributed by atoms with Crippen LogP contribution in [-0.4, -0.2) is 24.0 Å². The van der Waals surface area contributed by atoms with Crippen LogP contribution in [0.3, 0.4) is 0 Å². The second kappa shape index (κ2) is 7.19. The fourth-order valence-corrected chi connectivity index (χ4v) is 8.43. The highest BCUT2D eigenvalue weighted by Crippen LogP contribution is 2.65. The lowest BCUT2D eigenvalue weighted by Crippen LogP contribution is -2.46. The molecule has 5 rings (SSSR count). The van der Waals surface area contributed by atoms with Crippen molar-refractivity contribution >= 4 is 5.78 Å². The van der Waals surface area contributed by atoms with E-state index in [1.165, 1.54) is 44.9 Å². The lowest BCUT2D eigenvalue weighted by atomic mass is 9.52. The molecule has 7 unspecified atom stereocenters. The van der Waals surface area contributed by atoms with E-state index in [2.05, 4.69) is 20.8 Å². The predicted octanol–water partition coefficient (Wildman–Crippen LogP) is 5.42. The number of Topliss-reactive ketones (excluding diaryl/α,β-unsaturated/α-hetero) is 1. The summed E-state index contributed by atoms with van der Waals surface area (Å²) in [4.78, 5) is 12.1. The van der Waals surface area contributed by atoms with Crippen LogP contribution in [0.25, 0.3) is 0 Å². The zero-order valence-electron chi connectivity index (χ0n) is 18.8. The molecule has 29 heavy (non-hydrogen) atoms. The molecule has 162 valence electrons. The van der Waals surface area contributed by atoms with Crippen LogP contribution in [0.4, 0.5) is 0 Å². The van der Waals surface area contributed by atoms with Crippen molar-refractivity contribution in [3.63, 3.8) is 0 Å². The number of hydrogen-bond acceptors (Lipinski definition) is 3. The number of ether oxygens (including phenoxy) is 1. The average Bonchev–Trinajstić information content (AvgIpc) is 3.29. The van der Waals surface area contributed by atoms with Crippen LogP contribution in [0.15, 0.2) is 11.1 Å². The minimum Gasteiger partial charge on any atom is -0.367 e. The first-order chi connectivity index (χ1) is 13.9. The van der Waals surface area contributed by atoms with E-state index in [4.69, 9.17) is 10.5 Å². The molecule has 0 amide bonds. The molecule has 0 aromatic rings. The molecule has 5 aliphatic rings. The van der Waals surface area contributed by atoms with E-state index in [9.17, 15) is 4.79 Å². The van der Waals surface area contributed by atoms with Crippen LogP contribution in [-0.2, 0) is 9.53 Å². The number of hydrogen-bond donors (Lipinski definition) is 1. The van der Waals surface area contributed by atoms with Crippen molar-refractivity contribution in [2.75, 3.05) is 6.54 Å². The molecule has 3 saturated carbocycles. The van der Waals surface area contributed by atoms with Gasteiger partial charge in [0.2, 0.25) is 0 Å². The highest BCUT2D eigenvalue weighted by molar-refractivity contribution is 5.79. The van der Waals surface area contributed by atoms with Crippen LogP contribution in [0.1, 0.15) is 91.4 Å². The van der Waals surface area contributed by atoms with Gasteiger partial charge in [0.15, 0.2) is 0 Å². The number of rotatable bonds is 3. The van der Waals surface area contributed by atoms with Gasteiger partial charge in [0, 0.05) is 12.8 Å². The quantitative estimate of drug-likeness (QED) is 0.645. The molecule has 1 aliphatic heterocycles. The molecular formula is C26H41NO2. The summed E-state index contributed by atoms with van der Waals surface area (Å²) in [5.41, 5.74) is 9.68. The minimum absolute atomic E-state index is 0.0289. The van der Waals surface area contributed by atoms with E-state index < -0.39 is 0 Å². The summed E-state index contributed by atoms with van der Waals surface area (Å²) in [6, 6.07) is 0. The maximum atomic E-state index is 12.1. The van der Waals surface area contributed by atoms with E-state index in [0.29, 0.717) is 29.1 Å². The highest BCUT2D eigenvalue weighted by atomic mass is 16.5. The molecule has 0 radical (unpaired) electrons. The van der Waals surface area contributed by atoms with Crippen molar-refractivity contribution < 1.29 is 9.53 Å². The molecule has 1 spiro atoms. The van der Waals surface area contributed by atoms with Crippen LogP contribution in [0.5, 0.6) is 0 Å². The molecule has 0 aromatic heterocycles. The molecule has 2 N–H and O–H groups in total. The molecule has 1 saturated heterocycles. The number of nitrogens with two attached hydrogens (primary N) is 1. The van der Waals surface area contributed by atoms with Gasteiger partial charge < -0.3 is 10.5 Å². The SMILES string of the molecule is CC1=C2CC3C(CCC4CC(=O)CCC43C)C2CCC12CCC(C[C@H](C)CN)O2. The second-order valence-corrected chi connectivity index (χ2v) is 11.6. The van der Waals surface area contributed by atoms with Crippen molar-refractivity contribution in [2.24, 2.45) is 40.7 Å². The number of carbonyl (C=O) groups is 1. The summed E-state index contributed by atoms with van der Waals surface area (Å²) in [5.74, 6) is 4.18. The van der Waals surface area contributed by atoms with Gasteiger partial charge in [0.25, 0.3) is 0 Å². The zero-order chi connectivity index (χ0) is 20.4. The third-order valence-corrected chi connectivity index (χ3v) is 10.3. The first kappa shape index (κ1) is 20.2. The Kier molecular flexibility index (Phi) is 5.02. The molecule has 0 aromatic carbocycles. The van der Waals surface area contributed by atoms with Gasteiger partial charge in [0.1, 0.15) is 5.78 Å². The largest absolute Gasteiger partial charge is 0.367 e. The van der Waals surface area contributed by atoms with Gasteiger partial charge in [0.05, 0.1) is 11.7 Å². The Bertz CT molecular complexity index is 713. The molecule has 1 heterocycles. The van der Waals surface area contributed by atoms with Gasteiger partial charge >= 0.3 is 0 Å². The van der Waals surface area contributed by atoms with E-state index >= 15 is 0 Å². The average molecular weight is 400 g/mol. The number of carbonyl (C=O) groups excluding carboxylic acids is 1. The summed E-state index contributed by atoms with van der Waals surface area (Å²) in [5, 5.41) is 0. The standard InChI is InChI=1S/C26H41NO2/c1-16(15-27)12-20-7-10-26(29-20)11-8-21-22-5-4-18-13-19(28)6-9-25(18,3)24(22)14-23(21)17(26)2/h16,18,20-22,24H,4-15,27H2,1-3H3/t16-,18?,20?,21?,22?,24?,25?,26?/m0/s1. The first-order valence-electron chi connectivity index (χ1n) is 12.5. The fraction of sp³-hybridized carbons (Fsp3) is 0.885. The van der Waals surface area contributed by atoms with Gasteiger partial charge in [-0.15, -0.1) is 0 Å². The van der Waals surface area contributed by atoms with E-state index in [1.807, 2.05) is 0 Å². The Morgan fingerprint density at radius 1 is 1.14 bits per heavy atom. The number of allylic oxidation sites excluding steroid dienone is 1. The monoisotopic (exact) mass is 399 g/mol. The van der Waals surface area contributed by atoms with Crippen molar-refractivity contribution in [1.29, 1.82) is 0 Å². The van der Waals surface area contributed by atoms with E-state index in [1.54, 1.807) is 11.1 Å². The van der Waals surface area contributed by atoms with Crippen LogP contribution < -0.4 is 5.73 Å². The van der Waals surface area contributed by atoms with E-state index in [0.717, 1.165) is 50.0 Å². The fourth-order valence-electron chi connectivity index (χ4n) is 8.43. The Morgan fingerprint density at radius 2 is 1.93 bits per heavy atom. The van der Waals surface area contributed by atoms with Crippen molar-refractivity contribution in [3.8, 4) is 0 Å². The number of fused-ring (bicyclic) bond motifs is 5. The summed E-state index contributed by atoms with van der Waals surface area (Å²) in [6.07, 6.45) is 13.2. The normalized spacial score (nSPS) is 47.9. The Balaban J connectivity index is 1.39. The lowest BCUT2D eigenvalue weighted by molar-refractivity contribution is -0.129. The van der Waals surface area contributed by atoms with Crippen LogP contribution in [0.2, 0.25) is 0 Å². The minimum atomic E-state index is 0.0289. The summed E-state index contributed by atoms with van der Waals surface area (Å²) in [7, 11) is 0. The Labute approximate surface area is 177 Å². The molecule has 0 bridgehead atoms. The molecule has 3 heteroatoms. The molecular weight excluding hydrogens is 358 g/mol. The molecule has 4 fully saturated rings. The third-order valence-electron chi connectivity index (χ3n) is 10.3. The zero-order valence-corrected chi connectivity index (χ0v) is 18.8. The maximum Gasteiger partial charge on any atom is 0.133 e. The number of ketones is 1. The summed E-state index contributed by atoms with van der Waals surface area (Å²) >= 11 is 0. The lowest BCUT2D eigenvalue weighted by Gasteiger charge is -2.52. The topological polar surface area (TPSA) is 52.3 Å². The van der Waals surface area contributed by atoms with Gasteiger partial charge in [-0.25, -0.2) is 0 Å². The second-order valence-electron chi connectivity index (χ2n) is 11.6. The van der Waals surface area contributed by atoms with Crippen LogP contribution in [0, 0.1) is 35.0 Å². The Morgan fingerprint density at radius 3 is 2.72 bits per heavy atom. The van der Waals surface area contributed by atoms with Crippen molar-refractivity contribution in [1.82, 2.24) is 0 Å². The predicted molar refractivity (Wildman–Crippen MR) is 116 cm³/mol. The Hall–Kier alpha value is -0.670. The van der Waals surface area contributed by atoms with E-state index in [-0.39, 0.29) is 5.60 Å². The van der Waals surface area contributed by atoms with Crippen molar-refractivity contribution in [3.05, 3.63) is 11.1 Å². The highest BCUT2D eigenvalue weighted by Gasteiger charge is 2.58. The van der Waals surface area contributed by atoms with Gasteiger partial charge in [-0.05, 0) is 112 Å². The molecule has 3 nitrogen and oxygen atoms in total. The molecule has 8 atom stereocenters. The van der Waals surface area contributed by atoms with Gasteiger partial charge in [-0.2, -0.15) is 0 Å². The van der Waals surface area contributed by atoms with Crippen LogP contribution >= 0.6 is 0 Å². The maximum absolute atomic E-state index is 12.1. The molecule has 4 aliphatic carbocycles. The summed E-state index contributed by atoms with van der Waals surface area (Å²) < 4.78 is 6.82. The van der Waals surface area contributed by atoms with Gasteiger partial charge in [-0.3, -0.25) is 4.79 Å². The smallest absolute Gasteiger partial charge is 0.133 e. The van der Waals surface area contributed by atoms with Crippen molar-refractivity contribution in [2.45, 2.75) is 103 Å². The van der Waals surface area contributed by atoms with Gasteiger partial charge in [-0.1, -0.05) is 19.4 Å². The first-order valence-corrected chi connectivity index (χ1v) is 12.5.